The molecule has 3 aromatic rings. The van der Waals surface area contributed by atoms with Crippen LogP contribution in [0.15, 0.2) is 30.5 Å². The third-order valence-corrected chi connectivity index (χ3v) is 7.89. The Labute approximate surface area is 210 Å². The molecule has 3 aromatic heterocycles. The van der Waals surface area contributed by atoms with Gasteiger partial charge in [0, 0.05) is 30.0 Å². The summed E-state index contributed by atoms with van der Waals surface area (Å²) in [6, 6.07) is 7.82. The molecule has 0 atom stereocenters. The quantitative estimate of drug-likeness (QED) is 0.520. The average Bonchev–Trinajstić information content (AvgIpc) is 2.91. The van der Waals surface area contributed by atoms with E-state index in [1.54, 1.807) is 7.11 Å². The summed E-state index contributed by atoms with van der Waals surface area (Å²) in [6.45, 7) is 3.34. The smallest absolute Gasteiger partial charge is 0.263 e. The van der Waals surface area contributed by atoms with Gasteiger partial charge in [0.15, 0.2) is 18.2 Å². The van der Waals surface area contributed by atoms with Crippen LogP contribution >= 0.6 is 0 Å². The maximum Gasteiger partial charge on any atom is 0.263 e. The largest absolute Gasteiger partial charge is 0.494 e. The summed E-state index contributed by atoms with van der Waals surface area (Å²) in [6.07, 6.45) is 7.90. The van der Waals surface area contributed by atoms with E-state index in [2.05, 4.69) is 26.7 Å². The van der Waals surface area contributed by atoms with Gasteiger partial charge < -0.3 is 24.8 Å². The highest BCUT2D eigenvalue weighted by molar-refractivity contribution is 5.94. The summed E-state index contributed by atoms with van der Waals surface area (Å²) in [7, 11) is 1.67. The summed E-state index contributed by atoms with van der Waals surface area (Å²) < 4.78 is 17.5. The molecule has 9 nitrogen and oxygen atoms in total. The van der Waals surface area contributed by atoms with Gasteiger partial charge >= 0.3 is 0 Å². The molecule has 3 fully saturated rings. The number of anilines is 1. The number of hydrogen-bond donors (Lipinski definition) is 2. The van der Waals surface area contributed by atoms with Gasteiger partial charge in [-0.1, -0.05) is 0 Å². The van der Waals surface area contributed by atoms with Crippen LogP contribution in [0.1, 0.15) is 49.1 Å². The Bertz CT molecular complexity index is 1300. The summed E-state index contributed by atoms with van der Waals surface area (Å²) in [5, 5.41) is 6.50. The first-order chi connectivity index (χ1) is 17.5. The van der Waals surface area contributed by atoms with Crippen LogP contribution in [0, 0.1) is 6.92 Å². The van der Waals surface area contributed by atoms with E-state index in [9.17, 15) is 4.79 Å². The molecule has 3 aliphatic heterocycles. The number of amides is 1. The van der Waals surface area contributed by atoms with Crippen molar-refractivity contribution in [2.24, 2.45) is 0 Å². The molecule has 2 saturated heterocycles. The van der Waals surface area contributed by atoms with Crippen LogP contribution in [0.2, 0.25) is 0 Å². The van der Waals surface area contributed by atoms with E-state index in [1.165, 1.54) is 5.56 Å². The van der Waals surface area contributed by atoms with E-state index >= 15 is 0 Å². The minimum atomic E-state index is -0.173. The second-order valence-electron chi connectivity index (χ2n) is 10.2. The van der Waals surface area contributed by atoms with Crippen LogP contribution in [0.5, 0.6) is 11.5 Å². The molecule has 0 aromatic carbocycles. The van der Waals surface area contributed by atoms with Crippen molar-refractivity contribution < 1.29 is 19.0 Å². The first-order valence-corrected chi connectivity index (χ1v) is 12.6. The van der Waals surface area contributed by atoms with Crippen molar-refractivity contribution >= 4 is 22.8 Å². The van der Waals surface area contributed by atoms with Crippen LogP contribution in [0.25, 0.3) is 11.0 Å². The van der Waals surface area contributed by atoms with Crippen LogP contribution < -0.4 is 20.1 Å². The van der Waals surface area contributed by atoms with Gasteiger partial charge in [0.05, 0.1) is 30.5 Å². The first-order valence-electron chi connectivity index (χ1n) is 12.6. The second-order valence-corrected chi connectivity index (χ2v) is 10.2. The summed E-state index contributed by atoms with van der Waals surface area (Å²) in [4.78, 5) is 25.5. The second kappa shape index (κ2) is 8.97. The predicted molar refractivity (Wildman–Crippen MR) is 134 cm³/mol. The van der Waals surface area contributed by atoms with E-state index in [1.807, 2.05) is 31.3 Å². The number of aromatic nitrogens is 3. The number of pyridine rings is 3. The number of hydrogen-bond acceptors (Lipinski definition) is 8. The highest BCUT2D eigenvalue weighted by Crippen LogP contribution is 2.46. The highest BCUT2D eigenvalue weighted by Gasteiger charge is 2.49. The maximum absolute atomic E-state index is 11.6. The standard InChI is InChI=1S/C27H31N5O4/c1-17-13-21(34-2)24-23(30-17)18(6-12-28-24)5-7-27-10-8-26(9-11-27,16-36-27)29-14-19-3-4-20-25(31-19)32-22(33)15-35-20/h3-4,6,12-13,29H,5,7-11,14-16H2,1-2H3,(H,31,32,33). The SMILES string of the molecule is COc1cc(C)nc2c(CCC34CCC(NCc5ccc6c(n5)NC(=O)CO6)(CC3)CO4)ccnc12. The van der Waals surface area contributed by atoms with E-state index in [-0.39, 0.29) is 23.7 Å². The molecular formula is C27H31N5O4. The number of methoxy groups -OCH3 is 1. The number of aryl methyl sites for hydroxylation is 2. The molecule has 36 heavy (non-hydrogen) atoms. The zero-order chi connectivity index (χ0) is 24.8. The van der Waals surface area contributed by atoms with Crippen molar-refractivity contribution in [1.82, 2.24) is 20.3 Å². The van der Waals surface area contributed by atoms with E-state index in [0.717, 1.165) is 66.7 Å². The summed E-state index contributed by atoms with van der Waals surface area (Å²) in [5.74, 6) is 1.71. The molecule has 1 amide bonds. The lowest BCUT2D eigenvalue weighted by Gasteiger charge is -2.53. The van der Waals surface area contributed by atoms with Gasteiger partial charge in [-0.2, -0.15) is 0 Å². The van der Waals surface area contributed by atoms with Gasteiger partial charge in [-0.15, -0.1) is 0 Å². The van der Waals surface area contributed by atoms with Crippen molar-refractivity contribution in [3.8, 4) is 11.5 Å². The van der Waals surface area contributed by atoms with E-state index in [4.69, 9.17) is 19.2 Å². The molecule has 1 saturated carbocycles. The summed E-state index contributed by atoms with van der Waals surface area (Å²) >= 11 is 0. The minimum Gasteiger partial charge on any atom is -0.494 e. The normalized spacial score (nSPS) is 24.8. The molecular weight excluding hydrogens is 458 g/mol. The molecule has 7 rings (SSSR count). The van der Waals surface area contributed by atoms with Crippen molar-refractivity contribution in [3.63, 3.8) is 0 Å². The van der Waals surface area contributed by atoms with Gasteiger partial charge in [0.1, 0.15) is 11.3 Å². The lowest BCUT2D eigenvalue weighted by Crippen LogP contribution is -2.61. The minimum absolute atomic E-state index is 0.0333. The Hall–Kier alpha value is -3.30. The lowest BCUT2D eigenvalue weighted by molar-refractivity contribution is -0.165. The number of nitrogens with one attached hydrogen (secondary N) is 2. The third-order valence-electron chi connectivity index (χ3n) is 7.89. The molecule has 188 valence electrons. The Morgan fingerprint density at radius 2 is 2.00 bits per heavy atom. The zero-order valence-electron chi connectivity index (χ0n) is 20.7. The van der Waals surface area contributed by atoms with Gasteiger partial charge in [-0.25, -0.2) is 4.98 Å². The molecule has 0 spiro atoms. The number of carbonyl (C=O) groups excluding carboxylic acids is 1. The Morgan fingerprint density at radius 1 is 1.14 bits per heavy atom. The topological polar surface area (TPSA) is 107 Å². The first kappa shape index (κ1) is 23.1. The number of nitrogens with zero attached hydrogens (tertiary/aromatic N) is 3. The fourth-order valence-electron chi connectivity index (χ4n) is 5.68. The van der Waals surface area contributed by atoms with Gasteiger partial charge in [-0.05, 0) is 69.2 Å². The fourth-order valence-corrected chi connectivity index (χ4v) is 5.68. The van der Waals surface area contributed by atoms with Crippen molar-refractivity contribution in [2.75, 3.05) is 25.6 Å². The van der Waals surface area contributed by atoms with E-state index in [0.29, 0.717) is 24.7 Å². The monoisotopic (exact) mass is 489 g/mol. The Kier molecular flexibility index (Phi) is 5.76. The molecule has 0 radical (unpaired) electrons. The molecule has 6 heterocycles. The number of rotatable bonds is 7. The Balaban J connectivity index is 1.09. The molecule has 1 aliphatic carbocycles. The molecule has 0 unspecified atom stereocenters. The van der Waals surface area contributed by atoms with Gasteiger partial charge in [0.2, 0.25) is 0 Å². The van der Waals surface area contributed by atoms with Crippen LogP contribution in [0.3, 0.4) is 0 Å². The van der Waals surface area contributed by atoms with Crippen molar-refractivity contribution in [3.05, 3.63) is 47.4 Å². The van der Waals surface area contributed by atoms with Gasteiger partial charge in [-0.3, -0.25) is 14.8 Å². The molecule has 2 N–H and O–H groups in total. The molecule has 4 aliphatic rings. The van der Waals surface area contributed by atoms with Gasteiger partial charge in [0.25, 0.3) is 5.91 Å². The molecule has 9 heteroatoms. The lowest BCUT2D eigenvalue weighted by atomic mass is 9.69. The summed E-state index contributed by atoms with van der Waals surface area (Å²) in [5.41, 5.74) is 4.61. The van der Waals surface area contributed by atoms with Crippen LogP contribution in [0.4, 0.5) is 5.82 Å². The maximum atomic E-state index is 11.6. The third kappa shape index (κ3) is 4.26. The fraction of sp³-hybridized carbons (Fsp3) is 0.481. The van der Waals surface area contributed by atoms with Crippen LogP contribution in [-0.2, 0) is 22.5 Å². The zero-order valence-corrected chi connectivity index (χ0v) is 20.7. The van der Waals surface area contributed by atoms with Crippen LogP contribution in [-0.4, -0.2) is 52.3 Å². The van der Waals surface area contributed by atoms with E-state index < -0.39 is 0 Å². The number of fused-ring (bicyclic) bond motifs is 5. The van der Waals surface area contributed by atoms with Crippen molar-refractivity contribution in [2.45, 2.75) is 63.1 Å². The molecule has 2 bridgehead atoms. The number of ether oxygens (including phenoxy) is 3. The van der Waals surface area contributed by atoms with Crippen molar-refractivity contribution in [1.29, 1.82) is 0 Å². The Morgan fingerprint density at radius 3 is 2.78 bits per heavy atom. The number of carbonyl (C=O) groups is 1. The predicted octanol–water partition coefficient (Wildman–Crippen LogP) is 3.48. The average molecular weight is 490 g/mol. The highest BCUT2D eigenvalue weighted by atomic mass is 16.5.